The van der Waals surface area contributed by atoms with Crippen LogP contribution in [0.1, 0.15) is 32.8 Å². The molecule has 22 heavy (non-hydrogen) atoms. The van der Waals surface area contributed by atoms with Crippen molar-refractivity contribution in [2.45, 2.75) is 33.7 Å². The zero-order valence-electron chi connectivity index (χ0n) is 13.6. The van der Waals surface area contributed by atoms with Gasteiger partial charge in [-0.15, -0.1) is 0 Å². The Hall–Kier alpha value is -2.36. The summed E-state index contributed by atoms with van der Waals surface area (Å²) in [5, 5.41) is 9.32. The molecule has 0 heterocycles. The normalized spacial score (nSPS) is 12.6. The summed E-state index contributed by atoms with van der Waals surface area (Å²) in [6.45, 7) is 6.13. The van der Waals surface area contributed by atoms with Gasteiger partial charge in [-0.3, -0.25) is 4.79 Å². The second-order valence-electron chi connectivity index (χ2n) is 5.33. The third-order valence-corrected chi connectivity index (χ3v) is 3.63. The molecule has 0 saturated heterocycles. The number of amides is 1. The lowest BCUT2D eigenvalue weighted by molar-refractivity contribution is -0.137. The Balaban J connectivity index is 2.99. The third kappa shape index (κ3) is 4.88. The molecule has 0 unspecified atom stereocenters. The van der Waals surface area contributed by atoms with Crippen molar-refractivity contribution in [3.05, 3.63) is 58.7 Å². The Bertz CT molecular complexity index is 600. The lowest BCUT2D eigenvalue weighted by Gasteiger charge is -2.18. The van der Waals surface area contributed by atoms with Crippen LogP contribution in [0.5, 0.6) is 0 Å². The summed E-state index contributed by atoms with van der Waals surface area (Å²) in [7, 11) is 1.61. The van der Waals surface area contributed by atoms with Crippen LogP contribution in [0.25, 0.3) is 0 Å². The maximum Gasteiger partial charge on any atom is 0.341 e. The summed E-state index contributed by atoms with van der Waals surface area (Å²) in [4.78, 5) is 25.2. The number of carboxylic acids is 1. The summed E-state index contributed by atoms with van der Waals surface area (Å²) in [5.74, 6) is -1.69. The molecule has 0 aliphatic rings. The number of carboxylic acid groups (broad SMARTS) is 1. The average molecular weight is 301 g/mol. The van der Waals surface area contributed by atoms with Crippen molar-refractivity contribution >= 4 is 11.9 Å². The van der Waals surface area contributed by atoms with Gasteiger partial charge in [0.2, 0.25) is 0 Å². The first-order chi connectivity index (χ1) is 10.4. The van der Waals surface area contributed by atoms with E-state index in [1.165, 1.54) is 11.0 Å². The van der Waals surface area contributed by atoms with Crippen molar-refractivity contribution in [3.8, 4) is 0 Å². The topological polar surface area (TPSA) is 57.6 Å². The summed E-state index contributed by atoms with van der Waals surface area (Å²) in [6, 6.07) is 9.48. The predicted molar refractivity (Wildman–Crippen MR) is 87.3 cm³/mol. The molecule has 0 aliphatic carbocycles. The van der Waals surface area contributed by atoms with E-state index in [2.05, 4.69) is 0 Å². The number of benzene rings is 1. The first-order valence-electron chi connectivity index (χ1n) is 7.27. The number of likely N-dealkylation sites (N-methyl/N-ethyl adjacent to an activating group) is 1. The quantitative estimate of drug-likeness (QED) is 0.379. The number of carbonyl (C=O) groups excluding carboxylic acids is 1. The Morgan fingerprint density at radius 2 is 1.77 bits per heavy atom. The molecule has 0 saturated carbocycles. The van der Waals surface area contributed by atoms with E-state index in [-0.39, 0.29) is 5.57 Å². The molecule has 0 aliphatic heterocycles. The van der Waals surface area contributed by atoms with Crippen molar-refractivity contribution in [2.75, 3.05) is 7.05 Å². The third-order valence-electron chi connectivity index (χ3n) is 3.63. The average Bonchev–Trinajstić information content (AvgIpc) is 2.51. The fourth-order valence-corrected chi connectivity index (χ4v) is 1.97. The van der Waals surface area contributed by atoms with Gasteiger partial charge >= 0.3 is 5.97 Å². The van der Waals surface area contributed by atoms with Crippen molar-refractivity contribution in [3.63, 3.8) is 0 Å². The van der Waals surface area contributed by atoms with Gasteiger partial charge < -0.3 is 10.0 Å². The van der Waals surface area contributed by atoms with Crippen molar-refractivity contribution < 1.29 is 14.7 Å². The monoisotopic (exact) mass is 301 g/mol. The molecule has 0 fully saturated rings. The molecule has 4 heteroatoms. The molecule has 4 nitrogen and oxygen atoms in total. The largest absolute Gasteiger partial charge is 0.477 e. The molecular formula is C18H23NO3. The van der Waals surface area contributed by atoms with Gasteiger partial charge in [-0.1, -0.05) is 48.4 Å². The Labute approximate surface area is 131 Å². The zero-order chi connectivity index (χ0) is 16.7. The molecule has 118 valence electrons. The van der Waals surface area contributed by atoms with Gasteiger partial charge in [-0.25, -0.2) is 4.79 Å². The fraction of sp³-hybridized carbons (Fsp3) is 0.333. The molecule has 0 radical (unpaired) electrons. The van der Waals surface area contributed by atoms with E-state index in [0.717, 1.165) is 23.1 Å². The standard InChI is InChI=1S/C18H23NO3/c1-5-13(2)14(3)11-16(18(21)22)17(20)19(4)12-15-9-7-6-8-10-15/h6-11H,5,12H2,1-4H3,(H,21,22)/b14-13+,16-11+. The SMILES string of the molecule is CC/C(C)=C(C)/C=C(/C(=O)O)C(=O)N(C)Cc1ccccc1. The maximum absolute atomic E-state index is 12.4. The molecule has 0 spiro atoms. The van der Waals surface area contributed by atoms with Gasteiger partial charge in [0, 0.05) is 13.6 Å². The second-order valence-corrected chi connectivity index (χ2v) is 5.33. The summed E-state index contributed by atoms with van der Waals surface area (Å²) in [6.07, 6.45) is 2.29. The number of aliphatic carboxylic acids is 1. The fourth-order valence-electron chi connectivity index (χ4n) is 1.97. The Morgan fingerprint density at radius 3 is 2.27 bits per heavy atom. The summed E-state index contributed by atoms with van der Waals surface area (Å²) in [5.41, 5.74) is 2.64. The summed E-state index contributed by atoms with van der Waals surface area (Å²) >= 11 is 0. The van der Waals surface area contributed by atoms with Crippen LogP contribution >= 0.6 is 0 Å². The first kappa shape index (κ1) is 17.7. The highest BCUT2D eigenvalue weighted by Crippen LogP contribution is 2.14. The highest BCUT2D eigenvalue weighted by atomic mass is 16.4. The van der Waals surface area contributed by atoms with E-state index >= 15 is 0 Å². The minimum Gasteiger partial charge on any atom is -0.477 e. The number of carbonyl (C=O) groups is 2. The maximum atomic E-state index is 12.4. The molecule has 0 atom stereocenters. The summed E-state index contributed by atoms with van der Waals surface area (Å²) < 4.78 is 0. The van der Waals surface area contributed by atoms with Crippen LogP contribution in [0.3, 0.4) is 0 Å². The van der Waals surface area contributed by atoms with E-state index in [1.807, 2.05) is 51.1 Å². The van der Waals surface area contributed by atoms with E-state index in [9.17, 15) is 14.7 Å². The van der Waals surface area contributed by atoms with Crippen LogP contribution in [0.2, 0.25) is 0 Å². The number of nitrogens with zero attached hydrogens (tertiary/aromatic N) is 1. The van der Waals surface area contributed by atoms with E-state index in [4.69, 9.17) is 0 Å². The lowest BCUT2D eigenvalue weighted by Crippen LogP contribution is -2.30. The van der Waals surface area contributed by atoms with Gasteiger partial charge in [0.25, 0.3) is 5.91 Å². The van der Waals surface area contributed by atoms with Crippen LogP contribution in [0.4, 0.5) is 0 Å². The van der Waals surface area contributed by atoms with E-state index in [0.29, 0.717) is 6.54 Å². The van der Waals surface area contributed by atoms with E-state index in [1.54, 1.807) is 7.05 Å². The van der Waals surface area contributed by atoms with Crippen LogP contribution in [0.15, 0.2) is 53.1 Å². The predicted octanol–water partition coefficient (Wildman–Crippen LogP) is 3.40. The number of allylic oxidation sites excluding steroid dienone is 3. The molecular weight excluding hydrogens is 278 g/mol. The smallest absolute Gasteiger partial charge is 0.341 e. The lowest BCUT2D eigenvalue weighted by atomic mass is 10.0. The van der Waals surface area contributed by atoms with Crippen molar-refractivity contribution in [1.82, 2.24) is 4.90 Å². The van der Waals surface area contributed by atoms with Crippen LogP contribution in [-0.4, -0.2) is 28.9 Å². The number of rotatable bonds is 6. The second kappa shape index (κ2) is 8.17. The molecule has 1 rings (SSSR count). The van der Waals surface area contributed by atoms with Crippen LogP contribution < -0.4 is 0 Å². The highest BCUT2D eigenvalue weighted by Gasteiger charge is 2.21. The van der Waals surface area contributed by atoms with Gasteiger partial charge in [-0.2, -0.15) is 0 Å². The molecule has 1 aromatic rings. The first-order valence-corrected chi connectivity index (χ1v) is 7.27. The molecule has 1 amide bonds. The zero-order valence-corrected chi connectivity index (χ0v) is 13.6. The van der Waals surface area contributed by atoms with Gasteiger partial charge in [0.05, 0.1) is 0 Å². The minimum absolute atomic E-state index is 0.205. The van der Waals surface area contributed by atoms with Gasteiger partial charge in [0.1, 0.15) is 5.57 Å². The van der Waals surface area contributed by atoms with E-state index < -0.39 is 11.9 Å². The number of hydrogen-bond donors (Lipinski definition) is 1. The Morgan fingerprint density at radius 1 is 1.18 bits per heavy atom. The van der Waals surface area contributed by atoms with Crippen molar-refractivity contribution in [2.24, 2.45) is 0 Å². The van der Waals surface area contributed by atoms with Crippen LogP contribution in [-0.2, 0) is 16.1 Å². The van der Waals surface area contributed by atoms with Gasteiger partial charge in [-0.05, 0) is 31.9 Å². The number of hydrogen-bond acceptors (Lipinski definition) is 2. The highest BCUT2D eigenvalue weighted by molar-refractivity contribution is 6.15. The Kier molecular flexibility index (Phi) is 6.57. The molecule has 1 N–H and O–H groups in total. The minimum atomic E-state index is -1.20. The van der Waals surface area contributed by atoms with Gasteiger partial charge in [0.15, 0.2) is 0 Å². The molecule has 0 bridgehead atoms. The van der Waals surface area contributed by atoms with Crippen LogP contribution in [0, 0.1) is 0 Å². The molecule has 1 aromatic carbocycles. The molecule has 0 aromatic heterocycles. The van der Waals surface area contributed by atoms with Crippen molar-refractivity contribution in [1.29, 1.82) is 0 Å².